The molecule has 9 heteroatoms. The molecule has 0 spiro atoms. The highest BCUT2D eigenvalue weighted by atomic mass is 32.1. The second kappa shape index (κ2) is 7.46. The van der Waals surface area contributed by atoms with Crippen LogP contribution in [0, 0.1) is 4.77 Å². The molecule has 0 bridgehead atoms. The van der Waals surface area contributed by atoms with Crippen LogP contribution in [0.25, 0.3) is 10.6 Å². The molecule has 1 aliphatic rings. The van der Waals surface area contributed by atoms with Crippen molar-refractivity contribution in [2.24, 2.45) is 7.05 Å². The molecular formula is C16H20N6S3. The summed E-state index contributed by atoms with van der Waals surface area (Å²) in [6, 6.07) is 2.13. The number of hydrogen-bond donors (Lipinski definition) is 0. The van der Waals surface area contributed by atoms with E-state index in [-0.39, 0.29) is 0 Å². The Kier molecular flexibility index (Phi) is 5.09. The van der Waals surface area contributed by atoms with Gasteiger partial charge in [0.2, 0.25) is 0 Å². The van der Waals surface area contributed by atoms with Crippen molar-refractivity contribution in [1.82, 2.24) is 29.1 Å². The van der Waals surface area contributed by atoms with Gasteiger partial charge in [-0.3, -0.25) is 9.80 Å². The van der Waals surface area contributed by atoms with Crippen molar-refractivity contribution in [2.45, 2.75) is 13.2 Å². The van der Waals surface area contributed by atoms with Gasteiger partial charge in [-0.15, -0.1) is 11.3 Å². The Morgan fingerprint density at radius 3 is 2.64 bits per heavy atom. The summed E-state index contributed by atoms with van der Waals surface area (Å²) in [4.78, 5) is 9.66. The molecule has 4 rings (SSSR count). The van der Waals surface area contributed by atoms with E-state index >= 15 is 0 Å². The fourth-order valence-electron chi connectivity index (χ4n) is 2.92. The average Bonchev–Trinajstić information content (AvgIpc) is 3.35. The second-order valence-corrected chi connectivity index (χ2v) is 8.22. The molecule has 0 N–H and O–H groups in total. The number of rotatable bonds is 5. The smallest absolute Gasteiger partial charge is 0.198 e. The molecule has 0 amide bonds. The van der Waals surface area contributed by atoms with E-state index in [2.05, 4.69) is 37.1 Å². The lowest BCUT2D eigenvalue weighted by Gasteiger charge is -2.34. The lowest BCUT2D eigenvalue weighted by Crippen LogP contribution is -2.46. The third-order valence-corrected chi connectivity index (χ3v) is 6.51. The minimum absolute atomic E-state index is 0.769. The summed E-state index contributed by atoms with van der Waals surface area (Å²) < 4.78 is 4.53. The normalized spacial score (nSPS) is 16.5. The maximum absolute atomic E-state index is 5.36. The van der Waals surface area contributed by atoms with Crippen LogP contribution < -0.4 is 0 Å². The first-order valence-electron chi connectivity index (χ1n) is 8.19. The maximum atomic E-state index is 5.36. The van der Waals surface area contributed by atoms with Crippen LogP contribution in [0.5, 0.6) is 0 Å². The van der Waals surface area contributed by atoms with E-state index in [1.54, 1.807) is 29.0 Å². The highest BCUT2D eigenvalue weighted by molar-refractivity contribution is 7.71. The third kappa shape index (κ3) is 3.90. The Balaban J connectivity index is 1.30. The first-order valence-corrected chi connectivity index (χ1v) is 10.4. The monoisotopic (exact) mass is 392 g/mol. The van der Waals surface area contributed by atoms with Gasteiger partial charge in [0.1, 0.15) is 11.3 Å². The SMILES string of the molecule is Cn1cnn(CN2CCN(Cc3csc(-c4ccsc4)n3)CC2)c1=S. The lowest BCUT2D eigenvalue weighted by molar-refractivity contribution is 0.0974. The molecule has 132 valence electrons. The summed E-state index contributed by atoms with van der Waals surface area (Å²) in [5.41, 5.74) is 2.41. The third-order valence-electron chi connectivity index (χ3n) is 4.39. The maximum Gasteiger partial charge on any atom is 0.198 e. The topological polar surface area (TPSA) is 42.1 Å². The van der Waals surface area contributed by atoms with Crippen LogP contribution in [-0.2, 0) is 20.3 Å². The Bertz CT molecular complexity index is 870. The summed E-state index contributed by atoms with van der Waals surface area (Å²) in [7, 11) is 1.93. The molecule has 1 fully saturated rings. The summed E-state index contributed by atoms with van der Waals surface area (Å²) in [6.07, 6.45) is 1.77. The number of piperazine rings is 1. The van der Waals surface area contributed by atoms with E-state index in [0.29, 0.717) is 0 Å². The molecule has 1 aliphatic heterocycles. The molecule has 3 aromatic heterocycles. The first-order chi connectivity index (χ1) is 12.2. The number of thiophene rings is 1. The van der Waals surface area contributed by atoms with Gasteiger partial charge in [0.05, 0.1) is 12.4 Å². The van der Waals surface area contributed by atoms with Gasteiger partial charge >= 0.3 is 0 Å². The van der Waals surface area contributed by atoms with Crippen molar-refractivity contribution in [3.63, 3.8) is 0 Å². The van der Waals surface area contributed by atoms with Crippen LogP contribution in [0.4, 0.5) is 0 Å². The van der Waals surface area contributed by atoms with Gasteiger partial charge in [-0.2, -0.15) is 16.4 Å². The number of nitrogens with zero attached hydrogens (tertiary/aromatic N) is 6. The van der Waals surface area contributed by atoms with Crippen LogP contribution in [0.3, 0.4) is 0 Å². The summed E-state index contributed by atoms with van der Waals surface area (Å²) >= 11 is 8.81. The molecule has 0 aromatic carbocycles. The van der Waals surface area contributed by atoms with E-state index < -0.39 is 0 Å². The number of aryl methyl sites for hydroxylation is 1. The predicted octanol–water partition coefficient (Wildman–Crippen LogP) is 2.91. The standard InChI is InChI=1S/C16H20N6S3/c1-19-11-17-22(16(19)23)12-21-5-3-20(4-6-21)8-14-10-25-15(18-14)13-2-7-24-9-13/h2,7,9-11H,3-6,8,12H2,1H3. The number of thiazole rings is 1. The molecule has 3 aromatic rings. The van der Waals surface area contributed by atoms with Crippen LogP contribution in [0.2, 0.25) is 0 Å². The molecule has 6 nitrogen and oxygen atoms in total. The lowest BCUT2D eigenvalue weighted by atomic mass is 10.3. The number of hydrogen-bond acceptors (Lipinski definition) is 7. The average molecular weight is 393 g/mol. The minimum Gasteiger partial charge on any atom is -0.310 e. The van der Waals surface area contributed by atoms with E-state index in [9.17, 15) is 0 Å². The van der Waals surface area contributed by atoms with Crippen molar-refractivity contribution in [1.29, 1.82) is 0 Å². The van der Waals surface area contributed by atoms with Gasteiger partial charge in [-0.1, -0.05) is 0 Å². The molecule has 0 unspecified atom stereocenters. The van der Waals surface area contributed by atoms with Gasteiger partial charge in [0.15, 0.2) is 4.77 Å². The Morgan fingerprint density at radius 2 is 1.96 bits per heavy atom. The molecular weight excluding hydrogens is 372 g/mol. The largest absolute Gasteiger partial charge is 0.310 e. The molecule has 4 heterocycles. The predicted molar refractivity (Wildman–Crippen MR) is 104 cm³/mol. The summed E-state index contributed by atoms with van der Waals surface area (Å²) in [5.74, 6) is 0. The van der Waals surface area contributed by atoms with Gasteiger partial charge in [0.25, 0.3) is 0 Å². The Hall–Kier alpha value is -1.39. The molecule has 25 heavy (non-hydrogen) atoms. The van der Waals surface area contributed by atoms with Crippen molar-refractivity contribution in [3.05, 3.63) is 39.0 Å². The molecule has 1 saturated heterocycles. The highest BCUT2D eigenvalue weighted by Crippen LogP contribution is 2.26. The van der Waals surface area contributed by atoms with Crippen molar-refractivity contribution in [2.75, 3.05) is 26.2 Å². The van der Waals surface area contributed by atoms with Crippen molar-refractivity contribution >= 4 is 34.9 Å². The van der Waals surface area contributed by atoms with E-state index in [4.69, 9.17) is 17.2 Å². The summed E-state index contributed by atoms with van der Waals surface area (Å²) in [6.45, 7) is 5.85. The van der Waals surface area contributed by atoms with Gasteiger partial charge in [-0.05, 0) is 23.7 Å². The van der Waals surface area contributed by atoms with Crippen LogP contribution in [0.15, 0.2) is 28.5 Å². The zero-order valence-corrected chi connectivity index (χ0v) is 16.5. The van der Waals surface area contributed by atoms with Gasteiger partial charge in [-0.25, -0.2) is 9.67 Å². The quantitative estimate of drug-likeness (QED) is 0.625. The highest BCUT2D eigenvalue weighted by Gasteiger charge is 2.19. The number of aromatic nitrogens is 4. The fraction of sp³-hybridized carbons (Fsp3) is 0.438. The van der Waals surface area contributed by atoms with E-state index in [1.165, 1.54) is 11.3 Å². The van der Waals surface area contributed by atoms with Crippen molar-refractivity contribution < 1.29 is 0 Å². The van der Waals surface area contributed by atoms with Crippen LogP contribution in [-0.4, -0.2) is 55.3 Å². The Morgan fingerprint density at radius 1 is 1.16 bits per heavy atom. The van der Waals surface area contributed by atoms with Crippen LogP contribution >= 0.6 is 34.9 Å². The molecule has 0 radical (unpaired) electrons. The molecule has 0 aliphatic carbocycles. The van der Waals surface area contributed by atoms with E-state index in [0.717, 1.165) is 49.2 Å². The molecule has 0 saturated carbocycles. The first kappa shape index (κ1) is 17.0. The summed E-state index contributed by atoms with van der Waals surface area (Å²) in [5, 5.41) is 11.9. The minimum atomic E-state index is 0.769. The fourth-order valence-corrected chi connectivity index (χ4v) is 4.60. The van der Waals surface area contributed by atoms with Crippen molar-refractivity contribution in [3.8, 4) is 10.6 Å². The van der Waals surface area contributed by atoms with Gasteiger partial charge < -0.3 is 4.57 Å². The van der Waals surface area contributed by atoms with Gasteiger partial charge in [0, 0.05) is 56.1 Å². The van der Waals surface area contributed by atoms with E-state index in [1.807, 2.05) is 16.3 Å². The zero-order chi connectivity index (χ0) is 17.2. The Labute approximate surface area is 160 Å². The zero-order valence-electron chi connectivity index (χ0n) is 14.0. The van der Waals surface area contributed by atoms with Crippen LogP contribution in [0.1, 0.15) is 5.69 Å². The molecule has 0 atom stereocenters. The second-order valence-electron chi connectivity index (χ2n) is 6.22.